The van der Waals surface area contributed by atoms with E-state index in [1.807, 2.05) is 20.8 Å². The average Bonchev–Trinajstić information content (AvgIpc) is 2.28. The second kappa shape index (κ2) is 2.89. The van der Waals surface area contributed by atoms with Crippen molar-refractivity contribution in [2.45, 2.75) is 39.5 Å². The standard InChI is InChI=1S/C8H12F3NO/c1-7(2,3)5-4-6(13-12-5)8(9,10)11/h6H,4H2,1-3H3/t6-/m0/s1. The Labute approximate surface area is 74.7 Å². The van der Waals surface area contributed by atoms with Crippen LogP contribution in [0.3, 0.4) is 0 Å². The van der Waals surface area contributed by atoms with Gasteiger partial charge in [-0.2, -0.15) is 13.2 Å². The van der Waals surface area contributed by atoms with E-state index >= 15 is 0 Å². The number of halogens is 3. The van der Waals surface area contributed by atoms with E-state index < -0.39 is 12.3 Å². The zero-order valence-electron chi connectivity index (χ0n) is 7.77. The lowest BCUT2D eigenvalue weighted by atomic mass is 9.87. The van der Waals surface area contributed by atoms with Crippen molar-refractivity contribution in [1.82, 2.24) is 0 Å². The summed E-state index contributed by atoms with van der Waals surface area (Å²) in [5.41, 5.74) is 0.120. The summed E-state index contributed by atoms with van der Waals surface area (Å²) in [5.74, 6) is 0. The van der Waals surface area contributed by atoms with E-state index in [0.29, 0.717) is 5.71 Å². The highest BCUT2D eigenvalue weighted by atomic mass is 19.4. The van der Waals surface area contributed by atoms with Gasteiger partial charge in [0.1, 0.15) is 0 Å². The molecule has 0 unspecified atom stereocenters. The molecule has 1 rings (SSSR count). The molecule has 0 saturated carbocycles. The molecule has 1 atom stereocenters. The predicted molar refractivity (Wildman–Crippen MR) is 42.4 cm³/mol. The fraction of sp³-hybridized carbons (Fsp3) is 0.875. The molecule has 5 heteroatoms. The molecule has 0 amide bonds. The SMILES string of the molecule is CC(C)(C)C1=NO[C@H](C(F)(F)F)C1. The van der Waals surface area contributed by atoms with Gasteiger partial charge in [-0.1, -0.05) is 25.9 Å². The van der Waals surface area contributed by atoms with Crippen LogP contribution >= 0.6 is 0 Å². The largest absolute Gasteiger partial charge is 0.428 e. The molecule has 0 aromatic carbocycles. The van der Waals surface area contributed by atoms with Crippen LogP contribution in [0.5, 0.6) is 0 Å². The van der Waals surface area contributed by atoms with Gasteiger partial charge < -0.3 is 4.84 Å². The maximum atomic E-state index is 12.1. The van der Waals surface area contributed by atoms with E-state index in [4.69, 9.17) is 0 Å². The lowest BCUT2D eigenvalue weighted by Gasteiger charge is -2.17. The Balaban J connectivity index is 2.63. The molecule has 0 bridgehead atoms. The van der Waals surface area contributed by atoms with Gasteiger partial charge in [-0.15, -0.1) is 0 Å². The minimum Gasteiger partial charge on any atom is -0.382 e. The molecule has 0 N–H and O–H groups in total. The number of hydrogen-bond donors (Lipinski definition) is 0. The zero-order chi connectivity index (χ0) is 10.3. The summed E-state index contributed by atoms with van der Waals surface area (Å²) in [4.78, 5) is 4.32. The highest BCUT2D eigenvalue weighted by molar-refractivity contribution is 5.90. The van der Waals surface area contributed by atoms with E-state index in [9.17, 15) is 13.2 Å². The maximum Gasteiger partial charge on any atom is 0.428 e. The van der Waals surface area contributed by atoms with Gasteiger partial charge in [0.15, 0.2) is 0 Å². The Morgan fingerprint density at radius 3 is 2.08 bits per heavy atom. The van der Waals surface area contributed by atoms with Gasteiger partial charge in [0.2, 0.25) is 6.10 Å². The number of nitrogens with zero attached hydrogens (tertiary/aromatic N) is 1. The van der Waals surface area contributed by atoms with Crippen molar-refractivity contribution in [3.05, 3.63) is 0 Å². The van der Waals surface area contributed by atoms with Gasteiger partial charge in [-0.05, 0) is 0 Å². The van der Waals surface area contributed by atoms with Gasteiger partial charge in [-0.3, -0.25) is 0 Å². The Hall–Kier alpha value is -0.740. The van der Waals surface area contributed by atoms with Gasteiger partial charge in [0, 0.05) is 11.8 Å². The third kappa shape index (κ3) is 2.35. The first-order valence-corrected chi connectivity index (χ1v) is 4.01. The van der Waals surface area contributed by atoms with E-state index in [2.05, 4.69) is 9.99 Å². The summed E-state index contributed by atoms with van der Waals surface area (Å²) in [6.45, 7) is 5.44. The lowest BCUT2D eigenvalue weighted by molar-refractivity contribution is -0.212. The van der Waals surface area contributed by atoms with Crippen LogP contribution in [-0.4, -0.2) is 18.0 Å². The minimum atomic E-state index is -4.31. The van der Waals surface area contributed by atoms with Crippen molar-refractivity contribution in [2.24, 2.45) is 10.6 Å². The summed E-state index contributed by atoms with van der Waals surface area (Å²) in [7, 11) is 0. The smallest absolute Gasteiger partial charge is 0.382 e. The first-order chi connectivity index (χ1) is 5.71. The lowest BCUT2D eigenvalue weighted by Crippen LogP contribution is -2.30. The molecule has 1 heterocycles. The van der Waals surface area contributed by atoms with Gasteiger partial charge >= 0.3 is 6.18 Å². The minimum absolute atomic E-state index is 0.146. The normalized spacial score (nSPS) is 24.2. The molecule has 2 nitrogen and oxygen atoms in total. The van der Waals surface area contributed by atoms with Crippen LogP contribution in [0.4, 0.5) is 13.2 Å². The molecule has 0 aromatic rings. The summed E-state index contributed by atoms with van der Waals surface area (Å²) in [5, 5.41) is 3.45. The van der Waals surface area contributed by atoms with Crippen LogP contribution in [0.15, 0.2) is 5.16 Å². The van der Waals surface area contributed by atoms with Crippen molar-refractivity contribution in [3.63, 3.8) is 0 Å². The first-order valence-electron chi connectivity index (χ1n) is 4.01. The van der Waals surface area contributed by atoms with Gasteiger partial charge in [0.05, 0.1) is 5.71 Å². The van der Waals surface area contributed by atoms with E-state index in [0.717, 1.165) is 0 Å². The Morgan fingerprint density at radius 1 is 1.31 bits per heavy atom. The van der Waals surface area contributed by atoms with Crippen molar-refractivity contribution < 1.29 is 18.0 Å². The summed E-state index contributed by atoms with van der Waals surface area (Å²) in [6, 6.07) is 0. The average molecular weight is 195 g/mol. The molecule has 1 aliphatic rings. The van der Waals surface area contributed by atoms with Crippen LogP contribution < -0.4 is 0 Å². The zero-order valence-corrected chi connectivity index (χ0v) is 7.77. The number of hydrogen-bond acceptors (Lipinski definition) is 2. The molecule has 0 aliphatic carbocycles. The molecule has 0 radical (unpaired) electrons. The second-order valence-electron chi connectivity index (χ2n) is 4.13. The molecule has 13 heavy (non-hydrogen) atoms. The van der Waals surface area contributed by atoms with Crippen molar-refractivity contribution in [1.29, 1.82) is 0 Å². The quantitative estimate of drug-likeness (QED) is 0.582. The number of alkyl halides is 3. The third-order valence-corrected chi connectivity index (χ3v) is 1.90. The van der Waals surface area contributed by atoms with Gasteiger partial charge in [0.25, 0.3) is 0 Å². The van der Waals surface area contributed by atoms with Crippen LogP contribution in [0.2, 0.25) is 0 Å². The van der Waals surface area contributed by atoms with E-state index in [1.165, 1.54) is 0 Å². The molecule has 0 aromatic heterocycles. The second-order valence-corrected chi connectivity index (χ2v) is 4.13. The third-order valence-electron chi connectivity index (χ3n) is 1.90. The molecular formula is C8H12F3NO. The summed E-state index contributed by atoms with van der Waals surface area (Å²) < 4.78 is 36.4. The van der Waals surface area contributed by atoms with Crippen molar-refractivity contribution in [2.75, 3.05) is 0 Å². The fourth-order valence-corrected chi connectivity index (χ4v) is 0.996. The predicted octanol–water partition coefficient (Wildman–Crippen LogP) is 2.74. The summed E-state index contributed by atoms with van der Waals surface area (Å²) >= 11 is 0. The monoisotopic (exact) mass is 195 g/mol. The first kappa shape index (κ1) is 10.3. The Morgan fingerprint density at radius 2 is 1.85 bits per heavy atom. The van der Waals surface area contributed by atoms with Crippen LogP contribution in [0.1, 0.15) is 27.2 Å². The van der Waals surface area contributed by atoms with Crippen molar-refractivity contribution >= 4 is 5.71 Å². The highest BCUT2D eigenvalue weighted by Gasteiger charge is 2.47. The van der Waals surface area contributed by atoms with E-state index in [1.54, 1.807) is 0 Å². The van der Waals surface area contributed by atoms with Crippen LogP contribution in [0, 0.1) is 5.41 Å². The van der Waals surface area contributed by atoms with E-state index in [-0.39, 0.29) is 11.8 Å². The molecule has 76 valence electrons. The maximum absolute atomic E-state index is 12.1. The summed E-state index contributed by atoms with van der Waals surface area (Å²) in [6.07, 6.45) is -6.20. The topological polar surface area (TPSA) is 21.6 Å². The Bertz CT molecular complexity index is 227. The molecule has 0 fully saturated rings. The highest BCUT2D eigenvalue weighted by Crippen LogP contribution is 2.33. The fourth-order valence-electron chi connectivity index (χ4n) is 0.996. The molecule has 0 spiro atoms. The van der Waals surface area contributed by atoms with Crippen LogP contribution in [0.25, 0.3) is 0 Å². The molecule has 1 aliphatic heterocycles. The van der Waals surface area contributed by atoms with Crippen molar-refractivity contribution in [3.8, 4) is 0 Å². The molecular weight excluding hydrogens is 183 g/mol. The van der Waals surface area contributed by atoms with Crippen LogP contribution in [-0.2, 0) is 4.84 Å². The number of oxime groups is 1. The van der Waals surface area contributed by atoms with Gasteiger partial charge in [-0.25, -0.2) is 0 Å². The Kier molecular flexibility index (Phi) is 2.30. The number of rotatable bonds is 0. The molecule has 0 saturated heterocycles.